The lowest BCUT2D eigenvalue weighted by Crippen LogP contribution is -2.43. The fraction of sp³-hybridized carbons (Fsp3) is 0.647. The van der Waals surface area contributed by atoms with E-state index in [9.17, 15) is 0 Å². The van der Waals surface area contributed by atoms with Crippen molar-refractivity contribution in [3.05, 3.63) is 35.4 Å². The average Bonchev–Trinajstić information content (AvgIpc) is 3.31. The van der Waals surface area contributed by atoms with Crippen molar-refractivity contribution in [1.82, 2.24) is 10.2 Å². The van der Waals surface area contributed by atoms with E-state index in [1.165, 1.54) is 49.9 Å². The van der Waals surface area contributed by atoms with Crippen LogP contribution in [-0.2, 0) is 17.9 Å². The molecule has 1 aromatic carbocycles. The van der Waals surface area contributed by atoms with Crippen LogP contribution in [0.25, 0.3) is 0 Å². The van der Waals surface area contributed by atoms with Crippen LogP contribution in [0, 0.1) is 0 Å². The van der Waals surface area contributed by atoms with E-state index in [-0.39, 0.29) is 0 Å². The van der Waals surface area contributed by atoms with Gasteiger partial charge >= 0.3 is 0 Å². The predicted octanol–water partition coefficient (Wildman–Crippen LogP) is 2.55. The molecule has 20 heavy (non-hydrogen) atoms. The quantitative estimate of drug-likeness (QED) is 0.863. The Hall–Kier alpha value is -0.900. The highest BCUT2D eigenvalue weighted by Gasteiger charge is 2.31. The molecule has 0 radical (unpaired) electrons. The molecule has 2 aliphatic rings. The largest absolute Gasteiger partial charge is 0.380 e. The highest BCUT2D eigenvalue weighted by Crippen LogP contribution is 2.29. The zero-order chi connectivity index (χ0) is 13.8. The van der Waals surface area contributed by atoms with E-state index in [1.54, 1.807) is 7.11 Å². The summed E-state index contributed by atoms with van der Waals surface area (Å²) >= 11 is 0. The van der Waals surface area contributed by atoms with Crippen LogP contribution in [0.5, 0.6) is 0 Å². The van der Waals surface area contributed by atoms with Crippen molar-refractivity contribution in [1.29, 1.82) is 0 Å². The van der Waals surface area contributed by atoms with Crippen molar-refractivity contribution in [2.45, 2.75) is 50.9 Å². The van der Waals surface area contributed by atoms with Gasteiger partial charge in [-0.2, -0.15) is 0 Å². The Kier molecular flexibility index (Phi) is 4.71. The monoisotopic (exact) mass is 274 g/mol. The number of nitrogens with zero attached hydrogens (tertiary/aromatic N) is 1. The molecule has 1 saturated carbocycles. The summed E-state index contributed by atoms with van der Waals surface area (Å²) in [6.45, 7) is 4.25. The van der Waals surface area contributed by atoms with Crippen LogP contribution in [0.3, 0.4) is 0 Å². The third-order valence-corrected chi connectivity index (χ3v) is 4.49. The molecule has 1 aromatic rings. The molecule has 110 valence electrons. The van der Waals surface area contributed by atoms with Crippen LogP contribution < -0.4 is 5.32 Å². The van der Waals surface area contributed by atoms with Gasteiger partial charge in [-0.1, -0.05) is 24.3 Å². The summed E-state index contributed by atoms with van der Waals surface area (Å²) in [5.74, 6) is 0. The van der Waals surface area contributed by atoms with Crippen LogP contribution in [-0.4, -0.2) is 37.2 Å². The Morgan fingerprint density at radius 2 is 1.90 bits per heavy atom. The number of methoxy groups -OCH3 is 1. The van der Waals surface area contributed by atoms with Gasteiger partial charge in [0.15, 0.2) is 0 Å². The maximum Gasteiger partial charge on any atom is 0.0713 e. The van der Waals surface area contributed by atoms with Crippen LogP contribution >= 0.6 is 0 Å². The summed E-state index contributed by atoms with van der Waals surface area (Å²) in [5.41, 5.74) is 2.62. The molecule has 3 rings (SSSR count). The Morgan fingerprint density at radius 3 is 2.60 bits per heavy atom. The summed E-state index contributed by atoms with van der Waals surface area (Å²) < 4.78 is 5.19. The minimum Gasteiger partial charge on any atom is -0.380 e. The molecule has 1 heterocycles. The molecule has 2 fully saturated rings. The lowest BCUT2D eigenvalue weighted by molar-refractivity contribution is 0.184. The zero-order valence-corrected chi connectivity index (χ0v) is 12.5. The van der Waals surface area contributed by atoms with Gasteiger partial charge in [0.25, 0.3) is 0 Å². The van der Waals surface area contributed by atoms with Crippen LogP contribution in [0.1, 0.15) is 36.8 Å². The molecule has 1 aliphatic carbocycles. The summed E-state index contributed by atoms with van der Waals surface area (Å²) in [6.07, 6.45) is 5.47. The molecule has 3 nitrogen and oxygen atoms in total. The maximum absolute atomic E-state index is 5.19. The van der Waals surface area contributed by atoms with E-state index in [4.69, 9.17) is 4.74 Å². The average molecular weight is 274 g/mol. The molecule has 3 heteroatoms. The second kappa shape index (κ2) is 6.70. The normalized spacial score (nSPS) is 21.2. The van der Waals surface area contributed by atoms with Crippen molar-refractivity contribution in [3.63, 3.8) is 0 Å². The Balaban J connectivity index is 1.43. The fourth-order valence-electron chi connectivity index (χ4n) is 3.17. The van der Waals surface area contributed by atoms with Gasteiger partial charge < -0.3 is 15.0 Å². The molecule has 0 aromatic heterocycles. The molecular weight excluding hydrogens is 248 g/mol. The van der Waals surface area contributed by atoms with Gasteiger partial charge in [-0.05, 0) is 49.9 Å². The molecule has 0 unspecified atom stereocenters. The molecule has 0 bridgehead atoms. The summed E-state index contributed by atoms with van der Waals surface area (Å²) in [6, 6.07) is 10.3. The number of rotatable bonds is 6. The van der Waals surface area contributed by atoms with E-state index in [2.05, 4.69) is 34.5 Å². The SMILES string of the molecule is COCc1cccc(CNC2CCN(C3CC3)CC2)c1. The molecule has 1 N–H and O–H groups in total. The smallest absolute Gasteiger partial charge is 0.0713 e. The summed E-state index contributed by atoms with van der Waals surface area (Å²) in [7, 11) is 1.75. The first kappa shape index (κ1) is 14.1. The number of benzene rings is 1. The highest BCUT2D eigenvalue weighted by atomic mass is 16.5. The Morgan fingerprint density at radius 1 is 1.15 bits per heavy atom. The van der Waals surface area contributed by atoms with Gasteiger partial charge in [0.05, 0.1) is 6.61 Å². The topological polar surface area (TPSA) is 24.5 Å². The second-order valence-corrected chi connectivity index (χ2v) is 6.18. The van der Waals surface area contributed by atoms with Crippen molar-refractivity contribution in [2.24, 2.45) is 0 Å². The van der Waals surface area contributed by atoms with E-state index < -0.39 is 0 Å². The van der Waals surface area contributed by atoms with Crippen molar-refractivity contribution < 1.29 is 4.74 Å². The van der Waals surface area contributed by atoms with Crippen molar-refractivity contribution in [3.8, 4) is 0 Å². The lowest BCUT2D eigenvalue weighted by atomic mass is 10.0. The minimum atomic E-state index is 0.691. The van der Waals surface area contributed by atoms with Gasteiger partial charge in [0.2, 0.25) is 0 Å². The first-order valence-corrected chi connectivity index (χ1v) is 7.89. The highest BCUT2D eigenvalue weighted by molar-refractivity contribution is 5.22. The van der Waals surface area contributed by atoms with E-state index >= 15 is 0 Å². The van der Waals surface area contributed by atoms with E-state index in [0.29, 0.717) is 12.6 Å². The lowest BCUT2D eigenvalue weighted by Gasteiger charge is -2.32. The predicted molar refractivity (Wildman–Crippen MR) is 81.6 cm³/mol. The van der Waals surface area contributed by atoms with Gasteiger partial charge in [-0.25, -0.2) is 0 Å². The Bertz CT molecular complexity index is 423. The second-order valence-electron chi connectivity index (χ2n) is 6.18. The molecule has 0 spiro atoms. The fourth-order valence-corrected chi connectivity index (χ4v) is 3.17. The molecule has 0 atom stereocenters. The minimum absolute atomic E-state index is 0.691. The Labute approximate surface area is 122 Å². The van der Waals surface area contributed by atoms with Crippen LogP contribution in [0.4, 0.5) is 0 Å². The molecule has 0 amide bonds. The molecular formula is C17H26N2O. The van der Waals surface area contributed by atoms with Gasteiger partial charge in [-0.15, -0.1) is 0 Å². The van der Waals surface area contributed by atoms with Gasteiger partial charge in [-0.3, -0.25) is 0 Å². The number of likely N-dealkylation sites (tertiary alicyclic amines) is 1. The van der Waals surface area contributed by atoms with Gasteiger partial charge in [0, 0.05) is 25.7 Å². The van der Waals surface area contributed by atoms with Crippen molar-refractivity contribution >= 4 is 0 Å². The third-order valence-electron chi connectivity index (χ3n) is 4.49. The summed E-state index contributed by atoms with van der Waals surface area (Å²) in [4.78, 5) is 2.68. The first-order chi connectivity index (χ1) is 9.85. The standard InChI is InChI=1S/C17H26N2O/c1-20-13-15-4-2-3-14(11-15)12-18-16-7-9-19(10-8-16)17-5-6-17/h2-4,11,16-18H,5-10,12-13H2,1H3. The van der Waals surface area contributed by atoms with Crippen LogP contribution in [0.2, 0.25) is 0 Å². The molecule has 1 aliphatic heterocycles. The number of ether oxygens (including phenoxy) is 1. The number of hydrogen-bond acceptors (Lipinski definition) is 3. The number of hydrogen-bond donors (Lipinski definition) is 1. The molecule has 1 saturated heterocycles. The zero-order valence-electron chi connectivity index (χ0n) is 12.5. The van der Waals surface area contributed by atoms with Gasteiger partial charge in [0.1, 0.15) is 0 Å². The summed E-state index contributed by atoms with van der Waals surface area (Å²) in [5, 5.41) is 3.72. The first-order valence-electron chi connectivity index (χ1n) is 7.89. The van der Waals surface area contributed by atoms with Crippen molar-refractivity contribution in [2.75, 3.05) is 20.2 Å². The number of nitrogens with one attached hydrogen (secondary N) is 1. The van der Waals surface area contributed by atoms with Crippen LogP contribution in [0.15, 0.2) is 24.3 Å². The maximum atomic E-state index is 5.19. The third kappa shape index (κ3) is 3.81. The number of piperidine rings is 1. The van der Waals surface area contributed by atoms with E-state index in [1.807, 2.05) is 0 Å². The van der Waals surface area contributed by atoms with E-state index in [0.717, 1.165) is 12.6 Å².